The van der Waals surface area contributed by atoms with E-state index in [1.165, 1.54) is 0 Å². The maximum absolute atomic E-state index is 11.8. The standard InChI is InChI=1S/C15H12Cl2N4O2/c16-9-1-4-14(11(17)5-9)23-8-20-15(22)21-10-2-3-12-13(6-10)19-7-18-12/h1-7H,8H2,(H,18,19)(H2,20,21,22). The molecule has 0 aliphatic rings. The summed E-state index contributed by atoms with van der Waals surface area (Å²) in [6.07, 6.45) is 1.60. The molecule has 0 fully saturated rings. The third kappa shape index (κ3) is 3.85. The fourth-order valence-corrected chi connectivity index (χ4v) is 2.42. The van der Waals surface area contributed by atoms with Crippen LogP contribution in [0.2, 0.25) is 10.0 Å². The molecule has 0 aliphatic carbocycles. The lowest BCUT2D eigenvalue weighted by Gasteiger charge is -2.10. The van der Waals surface area contributed by atoms with Crippen LogP contribution in [0.5, 0.6) is 5.75 Å². The number of carbonyl (C=O) groups is 1. The summed E-state index contributed by atoms with van der Waals surface area (Å²) in [5.41, 5.74) is 2.31. The molecule has 3 N–H and O–H groups in total. The van der Waals surface area contributed by atoms with Crippen LogP contribution in [0.1, 0.15) is 0 Å². The molecular weight excluding hydrogens is 339 g/mol. The molecule has 3 aromatic rings. The first-order chi connectivity index (χ1) is 11.1. The van der Waals surface area contributed by atoms with Crippen molar-refractivity contribution in [2.24, 2.45) is 0 Å². The maximum Gasteiger partial charge on any atom is 0.321 e. The number of nitrogens with zero attached hydrogens (tertiary/aromatic N) is 1. The summed E-state index contributed by atoms with van der Waals surface area (Å²) in [4.78, 5) is 18.9. The largest absolute Gasteiger partial charge is 0.472 e. The van der Waals surface area contributed by atoms with Crippen LogP contribution in [0.25, 0.3) is 11.0 Å². The highest BCUT2D eigenvalue weighted by Gasteiger charge is 2.05. The molecule has 0 radical (unpaired) electrons. The molecule has 0 spiro atoms. The van der Waals surface area contributed by atoms with Crippen LogP contribution in [-0.4, -0.2) is 22.7 Å². The highest BCUT2D eigenvalue weighted by atomic mass is 35.5. The Hall–Kier alpha value is -2.44. The van der Waals surface area contributed by atoms with E-state index in [0.29, 0.717) is 21.5 Å². The molecule has 0 atom stereocenters. The predicted octanol–water partition coefficient (Wildman–Crippen LogP) is 4.03. The van der Waals surface area contributed by atoms with Gasteiger partial charge in [-0.25, -0.2) is 9.78 Å². The summed E-state index contributed by atoms with van der Waals surface area (Å²) in [5.74, 6) is 0.440. The zero-order chi connectivity index (χ0) is 16.2. The average Bonchev–Trinajstić information content (AvgIpc) is 2.97. The summed E-state index contributed by atoms with van der Waals surface area (Å²) in [7, 11) is 0. The lowest BCUT2D eigenvalue weighted by molar-refractivity contribution is 0.234. The zero-order valence-corrected chi connectivity index (χ0v) is 13.3. The van der Waals surface area contributed by atoms with Gasteiger partial charge in [0.25, 0.3) is 0 Å². The lowest BCUT2D eigenvalue weighted by Crippen LogP contribution is -2.32. The van der Waals surface area contributed by atoms with Crippen LogP contribution >= 0.6 is 23.2 Å². The number of urea groups is 1. The predicted molar refractivity (Wildman–Crippen MR) is 90.2 cm³/mol. The Morgan fingerprint density at radius 1 is 1.22 bits per heavy atom. The number of halogens is 2. The number of fused-ring (bicyclic) bond motifs is 1. The highest BCUT2D eigenvalue weighted by Crippen LogP contribution is 2.27. The van der Waals surface area contributed by atoms with Crippen LogP contribution in [-0.2, 0) is 0 Å². The van der Waals surface area contributed by atoms with Crippen LogP contribution in [0.4, 0.5) is 10.5 Å². The quantitative estimate of drug-likeness (QED) is 0.621. The molecule has 8 heteroatoms. The van der Waals surface area contributed by atoms with Crippen molar-refractivity contribution in [2.45, 2.75) is 0 Å². The van der Waals surface area contributed by atoms with Gasteiger partial charge >= 0.3 is 6.03 Å². The summed E-state index contributed by atoms with van der Waals surface area (Å²) in [6, 6.07) is 9.83. The minimum atomic E-state index is -0.394. The number of aromatic amines is 1. The maximum atomic E-state index is 11.8. The Morgan fingerprint density at radius 3 is 2.91 bits per heavy atom. The molecule has 3 rings (SSSR count). The van der Waals surface area contributed by atoms with E-state index in [9.17, 15) is 4.79 Å². The van der Waals surface area contributed by atoms with E-state index < -0.39 is 6.03 Å². The molecule has 0 unspecified atom stereocenters. The number of hydrogen-bond donors (Lipinski definition) is 3. The van der Waals surface area contributed by atoms with Gasteiger partial charge in [-0.3, -0.25) is 0 Å². The number of imidazole rings is 1. The molecule has 2 aromatic carbocycles. The second-order valence-electron chi connectivity index (χ2n) is 4.63. The molecule has 23 heavy (non-hydrogen) atoms. The monoisotopic (exact) mass is 350 g/mol. The van der Waals surface area contributed by atoms with Crippen molar-refractivity contribution in [1.29, 1.82) is 0 Å². The van der Waals surface area contributed by atoms with Crippen LogP contribution in [0.3, 0.4) is 0 Å². The summed E-state index contributed by atoms with van der Waals surface area (Å²) in [5, 5.41) is 6.17. The second kappa shape index (κ2) is 6.76. The smallest absolute Gasteiger partial charge is 0.321 e. The zero-order valence-electron chi connectivity index (χ0n) is 11.8. The topological polar surface area (TPSA) is 79.0 Å². The Morgan fingerprint density at radius 2 is 2.09 bits per heavy atom. The molecule has 1 heterocycles. The van der Waals surface area contributed by atoms with Crippen molar-refractivity contribution in [3.8, 4) is 5.75 Å². The molecule has 2 amide bonds. The molecular formula is C15H12Cl2N4O2. The SMILES string of the molecule is O=C(NCOc1ccc(Cl)cc1Cl)Nc1ccc2nc[nH]c2c1. The van der Waals surface area contributed by atoms with Gasteiger partial charge in [-0.05, 0) is 36.4 Å². The lowest BCUT2D eigenvalue weighted by atomic mass is 10.3. The van der Waals surface area contributed by atoms with Crippen molar-refractivity contribution < 1.29 is 9.53 Å². The first kappa shape index (κ1) is 15.5. The number of carbonyl (C=O) groups excluding carboxylic acids is 1. The molecule has 0 aliphatic heterocycles. The second-order valence-corrected chi connectivity index (χ2v) is 5.47. The summed E-state index contributed by atoms with van der Waals surface area (Å²) < 4.78 is 5.38. The molecule has 0 saturated carbocycles. The van der Waals surface area contributed by atoms with Gasteiger partial charge in [0.15, 0.2) is 6.73 Å². The van der Waals surface area contributed by atoms with Crippen molar-refractivity contribution in [2.75, 3.05) is 12.0 Å². The van der Waals surface area contributed by atoms with Crippen molar-refractivity contribution >= 4 is 46.0 Å². The molecule has 118 valence electrons. The van der Waals surface area contributed by atoms with Crippen LogP contribution < -0.4 is 15.4 Å². The average molecular weight is 351 g/mol. The van der Waals surface area contributed by atoms with Gasteiger partial charge in [-0.2, -0.15) is 0 Å². The summed E-state index contributed by atoms with van der Waals surface area (Å²) >= 11 is 11.8. The number of aromatic nitrogens is 2. The molecule has 1 aromatic heterocycles. The number of H-pyrrole nitrogens is 1. The first-order valence-electron chi connectivity index (χ1n) is 6.67. The van der Waals surface area contributed by atoms with E-state index >= 15 is 0 Å². The minimum Gasteiger partial charge on any atom is -0.472 e. The van der Waals surface area contributed by atoms with Crippen molar-refractivity contribution in [1.82, 2.24) is 15.3 Å². The Balaban J connectivity index is 1.53. The van der Waals surface area contributed by atoms with Crippen molar-refractivity contribution in [3.63, 3.8) is 0 Å². The summed E-state index contributed by atoms with van der Waals surface area (Å²) in [6.45, 7) is -0.0283. The number of anilines is 1. The normalized spacial score (nSPS) is 10.5. The Bertz CT molecular complexity index is 850. The molecule has 6 nitrogen and oxygen atoms in total. The van der Waals surface area contributed by atoms with Crippen LogP contribution in [0.15, 0.2) is 42.7 Å². The van der Waals surface area contributed by atoms with Crippen LogP contribution in [0, 0.1) is 0 Å². The minimum absolute atomic E-state index is 0.0283. The third-order valence-electron chi connectivity index (χ3n) is 3.03. The van der Waals surface area contributed by atoms with E-state index in [4.69, 9.17) is 27.9 Å². The number of amides is 2. The van der Waals surface area contributed by atoms with Crippen molar-refractivity contribution in [3.05, 3.63) is 52.8 Å². The van der Waals surface area contributed by atoms with E-state index in [0.717, 1.165) is 11.0 Å². The molecule has 0 bridgehead atoms. The number of ether oxygens (including phenoxy) is 1. The fourth-order valence-electron chi connectivity index (χ4n) is 1.96. The first-order valence-corrected chi connectivity index (χ1v) is 7.43. The number of benzene rings is 2. The Kier molecular flexibility index (Phi) is 4.55. The van der Waals surface area contributed by atoms with Gasteiger partial charge in [0.2, 0.25) is 0 Å². The van der Waals surface area contributed by atoms with Gasteiger partial charge in [0.05, 0.1) is 22.4 Å². The third-order valence-corrected chi connectivity index (χ3v) is 3.56. The van der Waals surface area contributed by atoms with E-state index in [1.54, 1.807) is 36.7 Å². The number of hydrogen-bond acceptors (Lipinski definition) is 3. The van der Waals surface area contributed by atoms with E-state index in [-0.39, 0.29) is 6.73 Å². The number of nitrogens with one attached hydrogen (secondary N) is 3. The van der Waals surface area contributed by atoms with E-state index in [1.807, 2.05) is 6.07 Å². The van der Waals surface area contributed by atoms with E-state index in [2.05, 4.69) is 20.6 Å². The fraction of sp³-hybridized carbons (Fsp3) is 0.0667. The molecule has 0 saturated heterocycles. The Labute approximate surface area is 141 Å². The number of rotatable bonds is 4. The van der Waals surface area contributed by atoms with Gasteiger partial charge in [-0.1, -0.05) is 23.2 Å². The van der Waals surface area contributed by atoms with Gasteiger partial charge in [0.1, 0.15) is 5.75 Å². The highest BCUT2D eigenvalue weighted by molar-refractivity contribution is 6.35. The van der Waals surface area contributed by atoms with Gasteiger partial charge in [-0.15, -0.1) is 0 Å². The van der Waals surface area contributed by atoms with Gasteiger partial charge in [0, 0.05) is 10.7 Å². The van der Waals surface area contributed by atoms with Gasteiger partial charge < -0.3 is 20.4 Å².